The van der Waals surface area contributed by atoms with Gasteiger partial charge in [-0.2, -0.15) is 5.10 Å². The number of non-ortho nitro benzene ring substituents is 1. The molecule has 0 saturated carbocycles. The van der Waals surface area contributed by atoms with E-state index in [1.54, 1.807) is 24.3 Å². The number of nitrogens with zero attached hydrogens (tertiary/aromatic N) is 3. The first kappa shape index (κ1) is 19.7. The van der Waals surface area contributed by atoms with Crippen LogP contribution in [-0.2, 0) is 6.54 Å². The maximum absolute atomic E-state index is 12.8. The number of pyridine rings is 1. The maximum Gasteiger partial charge on any atom is 0.271 e. The summed E-state index contributed by atoms with van der Waals surface area (Å²) >= 11 is 0. The lowest BCUT2D eigenvalue weighted by molar-refractivity contribution is -0.384. The third-order valence-electron chi connectivity index (χ3n) is 4.49. The lowest BCUT2D eigenvalue weighted by Gasteiger charge is -2.13. The zero-order valence-corrected chi connectivity index (χ0v) is 15.7. The van der Waals surface area contributed by atoms with Gasteiger partial charge >= 0.3 is 0 Å². The van der Waals surface area contributed by atoms with Crippen molar-refractivity contribution in [3.8, 4) is 5.75 Å². The van der Waals surface area contributed by atoms with Crippen molar-refractivity contribution in [1.82, 2.24) is 9.99 Å². The van der Waals surface area contributed by atoms with Crippen LogP contribution in [0.1, 0.15) is 29.8 Å². The molecule has 29 heavy (non-hydrogen) atoms. The number of amides is 1. The van der Waals surface area contributed by atoms with Crippen molar-refractivity contribution in [2.75, 3.05) is 0 Å². The number of fused-ring (bicyclic) bond motifs is 1. The van der Waals surface area contributed by atoms with E-state index in [9.17, 15) is 24.8 Å². The summed E-state index contributed by atoms with van der Waals surface area (Å²) in [6, 6.07) is 12.0. The third-order valence-corrected chi connectivity index (χ3v) is 4.49. The van der Waals surface area contributed by atoms with Gasteiger partial charge in [0.25, 0.3) is 17.2 Å². The molecule has 9 nitrogen and oxygen atoms in total. The normalized spacial score (nSPS) is 11.4. The quantitative estimate of drug-likeness (QED) is 0.391. The highest BCUT2D eigenvalue weighted by atomic mass is 16.6. The molecule has 3 rings (SSSR count). The Morgan fingerprint density at radius 2 is 1.86 bits per heavy atom. The number of hydrogen-bond acceptors (Lipinski definition) is 6. The van der Waals surface area contributed by atoms with Gasteiger partial charge in [-0.05, 0) is 38.1 Å². The molecular formula is C20H18N4O5. The summed E-state index contributed by atoms with van der Waals surface area (Å²) in [5, 5.41) is 25.7. The average molecular weight is 394 g/mol. The van der Waals surface area contributed by atoms with E-state index in [4.69, 9.17) is 0 Å². The minimum absolute atomic E-state index is 0.00505. The SMILES string of the molecule is CCn1c(=O)c(C(C)=NNC(=O)c2ccc([N+](=O)[O-])cc2)c(O)c2ccccc21. The predicted octanol–water partition coefficient (Wildman–Crippen LogP) is 2.79. The number of carbonyl (C=O) groups is 1. The molecule has 0 saturated heterocycles. The van der Waals surface area contributed by atoms with Gasteiger partial charge in [0.05, 0.1) is 16.2 Å². The molecule has 148 valence electrons. The number of para-hydroxylation sites is 1. The zero-order valence-electron chi connectivity index (χ0n) is 15.7. The topological polar surface area (TPSA) is 127 Å². The molecule has 2 aromatic carbocycles. The molecule has 1 heterocycles. The van der Waals surface area contributed by atoms with Crippen LogP contribution in [0.15, 0.2) is 58.4 Å². The highest BCUT2D eigenvalue weighted by Gasteiger charge is 2.18. The van der Waals surface area contributed by atoms with Gasteiger partial charge in [-0.25, -0.2) is 5.43 Å². The fourth-order valence-corrected chi connectivity index (χ4v) is 3.02. The molecule has 0 spiro atoms. The van der Waals surface area contributed by atoms with Crippen molar-refractivity contribution in [3.05, 3.63) is 80.1 Å². The highest BCUT2D eigenvalue weighted by molar-refractivity contribution is 6.06. The first-order valence-electron chi connectivity index (χ1n) is 8.79. The Morgan fingerprint density at radius 1 is 1.21 bits per heavy atom. The number of hydrazone groups is 1. The minimum Gasteiger partial charge on any atom is -0.506 e. The van der Waals surface area contributed by atoms with Crippen molar-refractivity contribution < 1.29 is 14.8 Å². The van der Waals surface area contributed by atoms with Crippen LogP contribution in [0.5, 0.6) is 5.75 Å². The van der Waals surface area contributed by atoms with Crippen molar-refractivity contribution in [3.63, 3.8) is 0 Å². The van der Waals surface area contributed by atoms with Crippen LogP contribution in [-0.4, -0.2) is 26.2 Å². The Morgan fingerprint density at radius 3 is 2.48 bits per heavy atom. The number of carbonyl (C=O) groups excluding carboxylic acids is 1. The monoisotopic (exact) mass is 394 g/mol. The fraction of sp³-hybridized carbons (Fsp3) is 0.150. The van der Waals surface area contributed by atoms with E-state index < -0.39 is 16.4 Å². The van der Waals surface area contributed by atoms with Crippen molar-refractivity contribution in [1.29, 1.82) is 0 Å². The molecular weight excluding hydrogens is 376 g/mol. The molecule has 3 aromatic rings. The standard InChI is InChI=1S/C20H18N4O5/c1-3-23-16-7-5-4-6-15(16)18(25)17(20(23)27)12(2)21-22-19(26)13-8-10-14(11-9-13)24(28)29/h4-11,25H,3H2,1-2H3,(H,22,26). The van der Waals surface area contributed by atoms with Crippen LogP contribution in [0.4, 0.5) is 5.69 Å². The Labute approximate surface area is 165 Å². The van der Waals surface area contributed by atoms with Crippen molar-refractivity contribution in [2.24, 2.45) is 5.10 Å². The predicted molar refractivity (Wildman–Crippen MR) is 108 cm³/mol. The van der Waals surface area contributed by atoms with Crippen molar-refractivity contribution >= 4 is 28.2 Å². The first-order chi connectivity index (χ1) is 13.8. The fourth-order valence-electron chi connectivity index (χ4n) is 3.02. The summed E-state index contributed by atoms with van der Waals surface area (Å²) in [6.45, 7) is 3.72. The van der Waals surface area contributed by atoms with Crippen LogP contribution in [0.2, 0.25) is 0 Å². The van der Waals surface area contributed by atoms with E-state index in [2.05, 4.69) is 10.5 Å². The second-order valence-corrected chi connectivity index (χ2v) is 6.23. The van der Waals surface area contributed by atoms with Gasteiger partial charge in [-0.3, -0.25) is 19.7 Å². The van der Waals surface area contributed by atoms with E-state index in [-0.39, 0.29) is 28.3 Å². The van der Waals surface area contributed by atoms with E-state index in [0.29, 0.717) is 17.4 Å². The summed E-state index contributed by atoms with van der Waals surface area (Å²) in [6.07, 6.45) is 0. The summed E-state index contributed by atoms with van der Waals surface area (Å²) in [5.41, 5.74) is 2.65. The second-order valence-electron chi connectivity index (χ2n) is 6.23. The van der Waals surface area contributed by atoms with E-state index >= 15 is 0 Å². The number of nitrogens with one attached hydrogen (secondary N) is 1. The number of hydrogen-bond donors (Lipinski definition) is 2. The van der Waals surface area contributed by atoms with Gasteiger partial charge < -0.3 is 9.67 Å². The molecule has 0 aliphatic heterocycles. The molecule has 1 amide bonds. The number of aromatic nitrogens is 1. The lowest BCUT2D eigenvalue weighted by atomic mass is 10.1. The molecule has 0 atom stereocenters. The average Bonchev–Trinajstić information content (AvgIpc) is 2.72. The molecule has 0 aliphatic carbocycles. The largest absolute Gasteiger partial charge is 0.506 e. The van der Waals surface area contributed by atoms with Gasteiger partial charge in [0.1, 0.15) is 11.3 Å². The number of aromatic hydroxyl groups is 1. The summed E-state index contributed by atoms with van der Waals surface area (Å²) in [4.78, 5) is 35.2. The second kappa shape index (κ2) is 7.93. The van der Waals surface area contributed by atoms with Gasteiger partial charge in [0.15, 0.2) is 0 Å². The summed E-state index contributed by atoms with van der Waals surface area (Å²) in [7, 11) is 0. The van der Waals surface area contributed by atoms with Gasteiger partial charge in [0, 0.05) is 29.6 Å². The Bertz CT molecular complexity index is 1200. The van der Waals surface area contributed by atoms with E-state index in [1.807, 2.05) is 6.92 Å². The molecule has 0 fully saturated rings. The van der Waals surface area contributed by atoms with Crippen molar-refractivity contribution in [2.45, 2.75) is 20.4 Å². The molecule has 0 unspecified atom stereocenters. The molecule has 1 aromatic heterocycles. The Kier molecular flexibility index (Phi) is 5.40. The third kappa shape index (κ3) is 3.70. The van der Waals surface area contributed by atoms with Gasteiger partial charge in [0.2, 0.25) is 0 Å². The molecule has 2 N–H and O–H groups in total. The van der Waals surface area contributed by atoms with Crippen LogP contribution < -0.4 is 11.0 Å². The first-order valence-corrected chi connectivity index (χ1v) is 8.79. The zero-order chi connectivity index (χ0) is 21.1. The van der Waals surface area contributed by atoms with Crippen LogP contribution in [0, 0.1) is 10.1 Å². The van der Waals surface area contributed by atoms with Crippen LogP contribution in [0.3, 0.4) is 0 Å². The Balaban J connectivity index is 1.95. The smallest absolute Gasteiger partial charge is 0.271 e. The number of nitro groups is 1. The maximum atomic E-state index is 12.8. The molecule has 0 bridgehead atoms. The number of benzene rings is 2. The van der Waals surface area contributed by atoms with Gasteiger partial charge in [-0.15, -0.1) is 0 Å². The van der Waals surface area contributed by atoms with E-state index in [1.165, 1.54) is 35.8 Å². The van der Waals surface area contributed by atoms with Crippen LogP contribution in [0.25, 0.3) is 10.9 Å². The number of aryl methyl sites for hydroxylation is 1. The number of rotatable bonds is 5. The Hall–Kier alpha value is -4.01. The summed E-state index contributed by atoms with van der Waals surface area (Å²) < 4.78 is 1.52. The number of nitro benzene ring substituents is 1. The molecule has 0 radical (unpaired) electrons. The lowest BCUT2D eigenvalue weighted by Crippen LogP contribution is -2.27. The van der Waals surface area contributed by atoms with E-state index in [0.717, 1.165) is 0 Å². The molecule has 9 heteroatoms. The molecule has 0 aliphatic rings. The van der Waals surface area contributed by atoms with Crippen LogP contribution >= 0.6 is 0 Å². The highest BCUT2D eigenvalue weighted by Crippen LogP contribution is 2.26. The summed E-state index contributed by atoms with van der Waals surface area (Å²) in [5.74, 6) is -0.809. The minimum atomic E-state index is -0.602. The van der Waals surface area contributed by atoms with Gasteiger partial charge in [-0.1, -0.05) is 12.1 Å².